The van der Waals surface area contributed by atoms with Crippen LogP contribution in [0.4, 0.5) is 10.2 Å². The number of anilines is 1. The fourth-order valence-electron chi connectivity index (χ4n) is 3.14. The van der Waals surface area contributed by atoms with Crippen molar-refractivity contribution in [2.75, 3.05) is 19.5 Å². The van der Waals surface area contributed by atoms with Crippen LogP contribution in [-0.4, -0.2) is 39.2 Å². The van der Waals surface area contributed by atoms with Gasteiger partial charge in [-0.2, -0.15) is 0 Å². The zero-order valence-corrected chi connectivity index (χ0v) is 16.4. The van der Waals surface area contributed by atoms with Gasteiger partial charge in [-0.3, -0.25) is 0 Å². The van der Waals surface area contributed by atoms with Crippen molar-refractivity contribution in [3.8, 4) is 0 Å². The number of esters is 1. The molecule has 10 heteroatoms. The molecule has 0 spiro atoms. The van der Waals surface area contributed by atoms with Crippen molar-refractivity contribution in [3.05, 3.63) is 47.1 Å². The summed E-state index contributed by atoms with van der Waals surface area (Å²) in [6, 6.07) is 4.76. The third kappa shape index (κ3) is 3.64. The Hall–Kier alpha value is -3.11. The zero-order valence-electron chi connectivity index (χ0n) is 15.6. The van der Waals surface area contributed by atoms with Crippen LogP contribution in [0, 0.1) is 5.82 Å². The van der Waals surface area contributed by atoms with Gasteiger partial charge in [0, 0.05) is 29.3 Å². The maximum absolute atomic E-state index is 14.2. The predicted octanol–water partition coefficient (Wildman–Crippen LogP) is 3.16. The smallest absolute Gasteiger partial charge is 0.348 e. The van der Waals surface area contributed by atoms with Crippen molar-refractivity contribution < 1.29 is 18.7 Å². The number of aryl methyl sites for hydroxylation is 1. The summed E-state index contributed by atoms with van der Waals surface area (Å²) in [7, 11) is 1.51. The number of halogens is 1. The molecule has 0 aliphatic rings. The molecule has 4 rings (SSSR count). The van der Waals surface area contributed by atoms with E-state index in [4.69, 9.17) is 15.2 Å². The third-order valence-electron chi connectivity index (χ3n) is 4.44. The average molecular weight is 415 g/mol. The van der Waals surface area contributed by atoms with Gasteiger partial charge in [0.1, 0.15) is 22.5 Å². The van der Waals surface area contributed by atoms with Crippen molar-refractivity contribution in [2.45, 2.75) is 19.6 Å². The Morgan fingerprint density at radius 1 is 1.31 bits per heavy atom. The summed E-state index contributed by atoms with van der Waals surface area (Å²) in [5.74, 6) is -0.541. The first-order chi connectivity index (χ1) is 14.1. The van der Waals surface area contributed by atoms with Gasteiger partial charge in [0.05, 0.1) is 19.5 Å². The molecule has 0 aliphatic carbocycles. The molecule has 0 unspecified atom stereocenters. The van der Waals surface area contributed by atoms with Crippen LogP contribution in [0.1, 0.15) is 21.7 Å². The first kappa shape index (κ1) is 19.2. The molecule has 2 N–H and O–H groups in total. The quantitative estimate of drug-likeness (QED) is 0.365. The number of rotatable bonds is 7. The average Bonchev–Trinajstić information content (AvgIpc) is 3.29. The van der Waals surface area contributed by atoms with E-state index in [-0.39, 0.29) is 19.0 Å². The van der Waals surface area contributed by atoms with Crippen molar-refractivity contribution in [3.63, 3.8) is 0 Å². The van der Waals surface area contributed by atoms with Crippen molar-refractivity contribution in [2.24, 2.45) is 0 Å². The largest absolute Gasteiger partial charge is 0.461 e. The number of nitrogens with two attached hydrogens (primary N) is 1. The minimum atomic E-state index is -0.486. The van der Waals surface area contributed by atoms with E-state index in [1.54, 1.807) is 18.5 Å². The summed E-state index contributed by atoms with van der Waals surface area (Å²) in [5, 5.41) is 0.411. The molecule has 4 aromatic rings. The van der Waals surface area contributed by atoms with Crippen molar-refractivity contribution >= 4 is 44.4 Å². The van der Waals surface area contributed by atoms with Gasteiger partial charge >= 0.3 is 5.97 Å². The first-order valence-corrected chi connectivity index (χ1v) is 9.69. The molecule has 0 radical (unpaired) electrons. The van der Waals surface area contributed by atoms with E-state index in [1.807, 2.05) is 4.57 Å². The molecule has 0 bridgehead atoms. The second-order valence-corrected chi connectivity index (χ2v) is 7.37. The van der Waals surface area contributed by atoms with Crippen molar-refractivity contribution in [1.82, 2.24) is 19.5 Å². The summed E-state index contributed by atoms with van der Waals surface area (Å²) in [5.41, 5.74) is 7.47. The fourth-order valence-corrected chi connectivity index (χ4v) is 4.26. The van der Waals surface area contributed by atoms with E-state index >= 15 is 0 Å². The fraction of sp³-hybridized carbons (Fsp3) is 0.263. The molecule has 29 heavy (non-hydrogen) atoms. The van der Waals surface area contributed by atoms with E-state index in [1.165, 1.54) is 30.8 Å². The highest BCUT2D eigenvalue weighted by Crippen LogP contribution is 2.34. The number of carbonyl (C=O) groups excluding carboxylic acids is 1. The standard InChI is InChI=1S/C19H18FN5O3S/c1-27-8-11-14-12(20)4-2-5-13(14)29-16(11)19(26)28-7-3-6-25-10-24-15-17(21)22-9-23-18(15)25/h2,4-5,9-10H,3,6-8H2,1H3,(H2,21,22,23). The van der Waals surface area contributed by atoms with Gasteiger partial charge < -0.3 is 19.8 Å². The summed E-state index contributed by atoms with van der Waals surface area (Å²) < 4.78 is 27.3. The number of thiophene rings is 1. The van der Waals surface area contributed by atoms with Gasteiger partial charge in [0.2, 0.25) is 0 Å². The Kier molecular flexibility index (Phi) is 5.36. The molecule has 0 saturated heterocycles. The van der Waals surface area contributed by atoms with Crippen LogP contribution in [0.5, 0.6) is 0 Å². The molecular formula is C19H18FN5O3S. The number of nitrogens with zero attached hydrogens (tertiary/aromatic N) is 4. The van der Waals surface area contributed by atoms with Crippen LogP contribution in [0.2, 0.25) is 0 Å². The number of fused-ring (bicyclic) bond motifs is 2. The Bertz CT molecular complexity index is 1190. The monoisotopic (exact) mass is 415 g/mol. The number of hydrogen-bond donors (Lipinski definition) is 1. The molecule has 0 amide bonds. The number of imidazole rings is 1. The highest BCUT2D eigenvalue weighted by Gasteiger charge is 2.21. The molecule has 3 heterocycles. The van der Waals surface area contributed by atoms with E-state index in [0.29, 0.717) is 50.5 Å². The van der Waals surface area contributed by atoms with Gasteiger partial charge in [-0.15, -0.1) is 11.3 Å². The van der Waals surface area contributed by atoms with E-state index < -0.39 is 5.97 Å². The zero-order chi connectivity index (χ0) is 20.4. The molecular weight excluding hydrogens is 397 g/mol. The SMILES string of the molecule is COCc1c(C(=O)OCCCn2cnc3c(N)ncnc32)sc2cccc(F)c12. The maximum Gasteiger partial charge on any atom is 0.348 e. The highest BCUT2D eigenvalue weighted by molar-refractivity contribution is 7.21. The molecule has 1 aromatic carbocycles. The van der Waals surface area contributed by atoms with E-state index in [9.17, 15) is 9.18 Å². The normalized spacial score (nSPS) is 11.4. The Morgan fingerprint density at radius 2 is 2.17 bits per heavy atom. The minimum Gasteiger partial charge on any atom is -0.461 e. The number of benzene rings is 1. The maximum atomic E-state index is 14.2. The highest BCUT2D eigenvalue weighted by atomic mass is 32.1. The number of nitrogen functional groups attached to an aromatic ring is 1. The van der Waals surface area contributed by atoms with Gasteiger partial charge in [-0.25, -0.2) is 24.1 Å². The lowest BCUT2D eigenvalue weighted by molar-refractivity contribution is 0.0498. The van der Waals surface area contributed by atoms with E-state index in [2.05, 4.69) is 15.0 Å². The second-order valence-electron chi connectivity index (χ2n) is 6.31. The van der Waals surface area contributed by atoms with Crippen LogP contribution in [0.25, 0.3) is 21.3 Å². The van der Waals surface area contributed by atoms with Crippen molar-refractivity contribution in [1.29, 1.82) is 0 Å². The second kappa shape index (κ2) is 8.10. The Balaban J connectivity index is 1.44. The lowest BCUT2D eigenvalue weighted by atomic mass is 10.1. The summed E-state index contributed by atoms with van der Waals surface area (Å²) in [6.45, 7) is 0.877. The topological polar surface area (TPSA) is 105 Å². The van der Waals surface area contributed by atoms with Gasteiger partial charge in [0.25, 0.3) is 0 Å². The van der Waals surface area contributed by atoms with E-state index in [0.717, 1.165) is 0 Å². The first-order valence-electron chi connectivity index (χ1n) is 8.87. The summed E-state index contributed by atoms with van der Waals surface area (Å²) in [6.07, 6.45) is 3.57. The van der Waals surface area contributed by atoms with Crippen LogP contribution in [0.3, 0.4) is 0 Å². The Labute approximate surface area is 169 Å². The molecule has 0 saturated carbocycles. The van der Waals surface area contributed by atoms with Crippen LogP contribution >= 0.6 is 11.3 Å². The van der Waals surface area contributed by atoms with Crippen LogP contribution in [-0.2, 0) is 22.6 Å². The number of carbonyl (C=O) groups is 1. The van der Waals surface area contributed by atoms with Gasteiger partial charge in [-0.05, 0) is 18.6 Å². The minimum absolute atomic E-state index is 0.132. The summed E-state index contributed by atoms with van der Waals surface area (Å²) >= 11 is 1.20. The number of hydrogen-bond acceptors (Lipinski definition) is 8. The van der Waals surface area contributed by atoms with Crippen LogP contribution < -0.4 is 5.73 Å². The van der Waals surface area contributed by atoms with Gasteiger partial charge in [0.15, 0.2) is 11.5 Å². The molecule has 150 valence electrons. The number of aromatic nitrogens is 4. The van der Waals surface area contributed by atoms with Crippen LogP contribution in [0.15, 0.2) is 30.9 Å². The number of methoxy groups -OCH3 is 1. The molecule has 3 aromatic heterocycles. The molecule has 8 nitrogen and oxygen atoms in total. The molecule has 0 fully saturated rings. The Morgan fingerprint density at radius 3 is 3.00 bits per heavy atom. The lowest BCUT2D eigenvalue weighted by Crippen LogP contribution is -2.09. The third-order valence-corrected chi connectivity index (χ3v) is 5.62. The lowest BCUT2D eigenvalue weighted by Gasteiger charge is -2.07. The predicted molar refractivity (Wildman–Crippen MR) is 107 cm³/mol. The van der Waals surface area contributed by atoms with Gasteiger partial charge in [-0.1, -0.05) is 6.07 Å². The number of ether oxygens (including phenoxy) is 2. The molecule has 0 atom stereocenters. The summed E-state index contributed by atoms with van der Waals surface area (Å²) in [4.78, 5) is 25.2. The molecule has 0 aliphatic heterocycles.